The van der Waals surface area contributed by atoms with Gasteiger partial charge in [-0.15, -0.1) is 0 Å². The number of anilines is 3. The van der Waals surface area contributed by atoms with Gasteiger partial charge < -0.3 is 20.0 Å². The number of nitrogens with one attached hydrogen (secondary N) is 2. The van der Waals surface area contributed by atoms with E-state index in [0.29, 0.717) is 36.8 Å². The van der Waals surface area contributed by atoms with E-state index in [4.69, 9.17) is 12.2 Å². The number of hydrogen-bond acceptors (Lipinski definition) is 7. The highest BCUT2D eigenvalue weighted by Crippen LogP contribution is 2.29. The summed E-state index contributed by atoms with van der Waals surface area (Å²) in [6, 6.07) is 12.1. The maximum Gasteiger partial charge on any atom is 0.270 e. The summed E-state index contributed by atoms with van der Waals surface area (Å²) in [7, 11) is 0. The molecule has 2 aromatic rings. The smallest absolute Gasteiger partial charge is 0.270 e. The van der Waals surface area contributed by atoms with Crippen LogP contribution in [0, 0.1) is 16.0 Å². The Bertz CT molecular complexity index is 1190. The van der Waals surface area contributed by atoms with Crippen molar-refractivity contribution in [1.82, 2.24) is 10.2 Å². The van der Waals surface area contributed by atoms with E-state index >= 15 is 0 Å². The molecule has 2 aromatic carbocycles. The van der Waals surface area contributed by atoms with Crippen LogP contribution in [0.4, 0.5) is 22.7 Å². The molecule has 11 heteroatoms. The van der Waals surface area contributed by atoms with Crippen LogP contribution in [0.3, 0.4) is 0 Å². The minimum absolute atomic E-state index is 0.110. The van der Waals surface area contributed by atoms with E-state index in [1.807, 2.05) is 36.1 Å². The number of carbonyl (C=O) groups excluding carboxylic acids is 2. The van der Waals surface area contributed by atoms with Gasteiger partial charge in [0.2, 0.25) is 5.91 Å². The lowest BCUT2D eigenvalue weighted by Gasteiger charge is -2.36. The van der Waals surface area contributed by atoms with E-state index in [9.17, 15) is 19.7 Å². The zero-order valence-corrected chi connectivity index (χ0v) is 22.6. The van der Waals surface area contributed by atoms with Gasteiger partial charge in [-0.25, -0.2) is 0 Å². The molecule has 0 unspecified atom stereocenters. The summed E-state index contributed by atoms with van der Waals surface area (Å²) in [4.78, 5) is 42.2. The summed E-state index contributed by atoms with van der Waals surface area (Å²) in [6.07, 6.45) is 2.53. The van der Waals surface area contributed by atoms with E-state index in [1.165, 1.54) is 12.1 Å². The largest absolute Gasteiger partial charge is 0.371 e. The number of nitro groups is 1. The second kappa shape index (κ2) is 12.2. The van der Waals surface area contributed by atoms with Gasteiger partial charge in [-0.3, -0.25) is 25.0 Å². The van der Waals surface area contributed by atoms with Crippen molar-refractivity contribution >= 4 is 51.9 Å². The first-order valence-electron chi connectivity index (χ1n) is 13.0. The molecule has 202 valence electrons. The second-order valence-corrected chi connectivity index (χ2v) is 10.2. The van der Waals surface area contributed by atoms with Crippen LogP contribution in [0.1, 0.15) is 43.5 Å². The number of non-ortho nitro benzene ring substituents is 1. The van der Waals surface area contributed by atoms with Crippen molar-refractivity contribution in [3.63, 3.8) is 0 Å². The number of amides is 2. The third-order valence-corrected chi connectivity index (χ3v) is 7.42. The molecule has 0 radical (unpaired) electrons. The van der Waals surface area contributed by atoms with Crippen molar-refractivity contribution in [2.45, 2.75) is 33.1 Å². The van der Waals surface area contributed by atoms with Crippen LogP contribution in [0.15, 0.2) is 42.5 Å². The second-order valence-electron chi connectivity index (χ2n) is 9.80. The third-order valence-electron chi connectivity index (χ3n) is 7.21. The molecule has 0 aliphatic carbocycles. The highest BCUT2D eigenvalue weighted by atomic mass is 32.1. The van der Waals surface area contributed by atoms with E-state index in [2.05, 4.69) is 27.4 Å². The molecule has 2 aliphatic rings. The summed E-state index contributed by atoms with van der Waals surface area (Å²) in [5.41, 5.74) is 2.52. The lowest BCUT2D eigenvalue weighted by Crippen LogP contribution is -2.48. The Balaban J connectivity index is 1.38. The van der Waals surface area contributed by atoms with E-state index in [-0.39, 0.29) is 22.3 Å². The van der Waals surface area contributed by atoms with Gasteiger partial charge in [-0.2, -0.15) is 0 Å². The van der Waals surface area contributed by atoms with Crippen LogP contribution < -0.4 is 20.4 Å². The first kappa shape index (κ1) is 27.3. The predicted molar refractivity (Wildman–Crippen MR) is 153 cm³/mol. The van der Waals surface area contributed by atoms with Gasteiger partial charge in [0.1, 0.15) is 0 Å². The molecule has 0 atom stereocenters. The Morgan fingerprint density at radius 2 is 1.66 bits per heavy atom. The number of piperazine rings is 1. The Morgan fingerprint density at radius 3 is 2.26 bits per heavy atom. The van der Waals surface area contributed by atoms with Crippen molar-refractivity contribution in [2.24, 2.45) is 5.92 Å². The number of rotatable bonds is 6. The lowest BCUT2D eigenvalue weighted by molar-refractivity contribution is -0.384. The molecule has 4 rings (SSSR count). The average Bonchev–Trinajstić information content (AvgIpc) is 2.93. The standard InChI is InChI=1S/C27H34N6O4S/c1-3-25(34)32-16-14-30(15-17-32)21-6-4-20(5-7-21)28-27(38)29-26(35)23-18-22(33(36)37)8-9-24(23)31-12-10-19(2)11-13-31/h4-9,18-19H,3,10-17H2,1-2H3,(H2,28,29,35,38). The van der Waals surface area contributed by atoms with Crippen molar-refractivity contribution in [1.29, 1.82) is 0 Å². The lowest BCUT2D eigenvalue weighted by atomic mass is 9.98. The summed E-state index contributed by atoms with van der Waals surface area (Å²) in [5.74, 6) is 0.304. The predicted octanol–water partition coefficient (Wildman–Crippen LogP) is 4.02. The molecule has 0 bridgehead atoms. The monoisotopic (exact) mass is 538 g/mol. The van der Waals surface area contributed by atoms with Crippen LogP contribution >= 0.6 is 12.2 Å². The van der Waals surface area contributed by atoms with E-state index < -0.39 is 10.8 Å². The van der Waals surface area contributed by atoms with Crippen molar-refractivity contribution in [2.75, 3.05) is 54.4 Å². The van der Waals surface area contributed by atoms with Gasteiger partial charge >= 0.3 is 0 Å². The molecule has 2 aliphatic heterocycles. The van der Waals surface area contributed by atoms with Crippen molar-refractivity contribution in [3.05, 3.63) is 58.1 Å². The maximum absolute atomic E-state index is 13.2. The van der Waals surface area contributed by atoms with Gasteiger partial charge in [0.25, 0.3) is 11.6 Å². The molecule has 0 aromatic heterocycles. The first-order chi connectivity index (χ1) is 18.2. The average molecular weight is 539 g/mol. The Labute approximate surface area is 228 Å². The molecule has 2 amide bonds. The molecule has 0 spiro atoms. The van der Waals surface area contributed by atoms with Gasteiger partial charge in [-0.1, -0.05) is 13.8 Å². The van der Waals surface area contributed by atoms with E-state index in [1.54, 1.807) is 6.07 Å². The number of thiocarbonyl (C=S) groups is 1. The van der Waals surface area contributed by atoms with Gasteiger partial charge in [0.15, 0.2) is 5.11 Å². The fourth-order valence-corrected chi connectivity index (χ4v) is 5.08. The summed E-state index contributed by atoms with van der Waals surface area (Å²) < 4.78 is 0. The molecule has 2 fully saturated rings. The third kappa shape index (κ3) is 6.58. The Morgan fingerprint density at radius 1 is 1.00 bits per heavy atom. The number of carbonyl (C=O) groups is 2. The number of nitro benzene ring substituents is 1. The number of nitrogens with zero attached hydrogens (tertiary/aromatic N) is 4. The minimum atomic E-state index is -0.501. The highest BCUT2D eigenvalue weighted by Gasteiger charge is 2.24. The molecule has 10 nitrogen and oxygen atoms in total. The molecule has 38 heavy (non-hydrogen) atoms. The molecular formula is C27H34N6O4S. The van der Waals surface area contributed by atoms with Crippen molar-refractivity contribution < 1.29 is 14.5 Å². The summed E-state index contributed by atoms with van der Waals surface area (Å²) in [5, 5.41) is 17.2. The first-order valence-corrected chi connectivity index (χ1v) is 13.4. The van der Waals surface area contributed by atoms with Crippen LogP contribution in [0.25, 0.3) is 0 Å². The Hall–Kier alpha value is -3.73. The molecular weight excluding hydrogens is 504 g/mol. The summed E-state index contributed by atoms with van der Waals surface area (Å²) in [6.45, 7) is 8.62. The van der Waals surface area contributed by atoms with Crippen molar-refractivity contribution in [3.8, 4) is 0 Å². The molecule has 2 saturated heterocycles. The quantitative estimate of drug-likeness (QED) is 0.322. The number of piperidine rings is 1. The SMILES string of the molecule is CCC(=O)N1CCN(c2ccc(NC(=S)NC(=O)c3cc([N+](=O)[O-])ccc3N3CCC(C)CC3)cc2)CC1. The topological polar surface area (TPSA) is 111 Å². The zero-order valence-electron chi connectivity index (χ0n) is 21.8. The molecule has 0 saturated carbocycles. The zero-order chi connectivity index (χ0) is 27.2. The fourth-order valence-electron chi connectivity index (χ4n) is 4.87. The van der Waals surface area contributed by atoms with Gasteiger partial charge in [0, 0.05) is 69.2 Å². The summed E-state index contributed by atoms with van der Waals surface area (Å²) >= 11 is 5.38. The molecule has 2 heterocycles. The highest BCUT2D eigenvalue weighted by molar-refractivity contribution is 7.80. The number of hydrogen-bond donors (Lipinski definition) is 2. The van der Waals surface area contributed by atoms with Gasteiger partial charge in [0.05, 0.1) is 16.2 Å². The van der Waals surface area contributed by atoms with Crippen LogP contribution in [-0.4, -0.2) is 66.0 Å². The number of benzene rings is 2. The minimum Gasteiger partial charge on any atom is -0.371 e. The maximum atomic E-state index is 13.2. The normalized spacial score (nSPS) is 16.2. The van der Waals surface area contributed by atoms with Crippen LogP contribution in [0.5, 0.6) is 0 Å². The van der Waals surface area contributed by atoms with Gasteiger partial charge in [-0.05, 0) is 61.3 Å². The van der Waals surface area contributed by atoms with Crippen LogP contribution in [-0.2, 0) is 4.79 Å². The Kier molecular flexibility index (Phi) is 8.77. The van der Waals surface area contributed by atoms with E-state index in [0.717, 1.165) is 44.7 Å². The molecule has 2 N–H and O–H groups in total. The van der Waals surface area contributed by atoms with Crippen LogP contribution in [0.2, 0.25) is 0 Å². The fraction of sp³-hybridized carbons (Fsp3) is 0.444.